The van der Waals surface area contributed by atoms with Crippen molar-refractivity contribution in [3.63, 3.8) is 0 Å². The third-order valence-corrected chi connectivity index (χ3v) is 3.98. The van der Waals surface area contributed by atoms with Gasteiger partial charge in [-0.1, -0.05) is 43.7 Å². The number of unbranched alkanes of at least 4 members (excludes halogenated alkanes) is 1. The summed E-state index contributed by atoms with van der Waals surface area (Å²) in [6.07, 6.45) is 1.85. The Morgan fingerprint density at radius 2 is 1.73 bits per heavy atom. The van der Waals surface area contributed by atoms with Crippen LogP contribution in [0.25, 0.3) is 0 Å². The van der Waals surface area contributed by atoms with Crippen LogP contribution in [0.3, 0.4) is 0 Å². The maximum Gasteiger partial charge on any atom is 0.338 e. The van der Waals surface area contributed by atoms with Crippen LogP contribution < -0.4 is 10.6 Å². The van der Waals surface area contributed by atoms with Gasteiger partial charge in [0.25, 0.3) is 0 Å². The van der Waals surface area contributed by atoms with Crippen molar-refractivity contribution in [2.75, 3.05) is 18.5 Å². The van der Waals surface area contributed by atoms with E-state index in [9.17, 15) is 9.59 Å². The van der Waals surface area contributed by atoms with Gasteiger partial charge in [0, 0.05) is 5.69 Å². The van der Waals surface area contributed by atoms with Gasteiger partial charge in [0.1, 0.15) is 0 Å². The summed E-state index contributed by atoms with van der Waals surface area (Å²) in [5.41, 5.74) is 2.35. The van der Waals surface area contributed by atoms with E-state index in [-0.39, 0.29) is 24.5 Å². The van der Waals surface area contributed by atoms with Gasteiger partial charge < -0.3 is 15.4 Å². The molecule has 0 aliphatic carbocycles. The molecule has 2 aromatic carbocycles. The van der Waals surface area contributed by atoms with Crippen molar-refractivity contribution in [2.24, 2.45) is 0 Å². The normalized spacial score (nSPS) is 11.5. The van der Waals surface area contributed by atoms with Gasteiger partial charge in [-0.2, -0.15) is 0 Å². The highest BCUT2D eigenvalue weighted by molar-refractivity contribution is 5.90. The summed E-state index contributed by atoms with van der Waals surface area (Å²) in [5, 5.41) is 6.00. The third-order valence-electron chi connectivity index (χ3n) is 3.98. The lowest BCUT2D eigenvalue weighted by molar-refractivity contribution is -0.120. The van der Waals surface area contributed by atoms with Crippen LogP contribution in [0.4, 0.5) is 5.69 Å². The van der Waals surface area contributed by atoms with E-state index in [1.807, 2.05) is 44.2 Å². The molecule has 0 saturated heterocycles. The molecule has 0 spiro atoms. The minimum Gasteiger partial charge on any atom is -0.462 e. The average Bonchev–Trinajstić information content (AvgIpc) is 2.67. The van der Waals surface area contributed by atoms with Gasteiger partial charge in [-0.25, -0.2) is 4.79 Å². The summed E-state index contributed by atoms with van der Waals surface area (Å²) in [5.74, 6) is -0.413. The Hall–Kier alpha value is -2.82. The van der Waals surface area contributed by atoms with Crippen LogP contribution in [0, 0.1) is 0 Å². The molecule has 0 saturated carbocycles. The third kappa shape index (κ3) is 6.24. The topological polar surface area (TPSA) is 67.4 Å². The molecule has 2 N–H and O–H groups in total. The lowest BCUT2D eigenvalue weighted by Gasteiger charge is -2.15. The van der Waals surface area contributed by atoms with Crippen molar-refractivity contribution >= 4 is 17.6 Å². The molecule has 2 aromatic rings. The van der Waals surface area contributed by atoms with E-state index in [1.165, 1.54) is 0 Å². The maximum atomic E-state index is 12.1. The maximum absolute atomic E-state index is 12.1. The first-order valence-corrected chi connectivity index (χ1v) is 8.95. The summed E-state index contributed by atoms with van der Waals surface area (Å²) in [6, 6.07) is 16.7. The number of carbonyl (C=O) groups excluding carboxylic acids is 2. The van der Waals surface area contributed by atoms with Crippen LogP contribution >= 0.6 is 0 Å². The molecular weight excluding hydrogens is 328 g/mol. The monoisotopic (exact) mass is 354 g/mol. The molecule has 1 atom stereocenters. The molecule has 0 fully saturated rings. The predicted molar refractivity (Wildman–Crippen MR) is 103 cm³/mol. The molecule has 0 aliphatic heterocycles. The minimum atomic E-state index is -0.320. The Kier molecular flexibility index (Phi) is 7.68. The molecule has 5 heteroatoms. The fourth-order valence-corrected chi connectivity index (χ4v) is 2.42. The van der Waals surface area contributed by atoms with Crippen LogP contribution in [-0.4, -0.2) is 25.0 Å². The van der Waals surface area contributed by atoms with Crippen LogP contribution in [0.2, 0.25) is 0 Å². The number of hydrogen-bond donors (Lipinski definition) is 2. The Morgan fingerprint density at radius 1 is 1.04 bits per heavy atom. The standard InChI is InChI=1S/C21H26N2O3/c1-3-4-14-26-21(25)18-10-12-19(13-11-18)22-15-20(24)23-16(2)17-8-6-5-7-9-17/h5-13,16,22H,3-4,14-15H2,1-2H3,(H,23,24)/t16-/m0/s1. The number of hydrogen-bond acceptors (Lipinski definition) is 4. The number of carbonyl (C=O) groups is 2. The number of anilines is 1. The number of esters is 1. The van der Waals surface area contributed by atoms with Crippen molar-refractivity contribution in [1.82, 2.24) is 5.32 Å². The highest BCUT2D eigenvalue weighted by Gasteiger charge is 2.10. The zero-order chi connectivity index (χ0) is 18.8. The predicted octanol–water partition coefficient (Wildman–Crippen LogP) is 3.93. The number of amides is 1. The summed E-state index contributed by atoms with van der Waals surface area (Å²) in [7, 11) is 0. The molecule has 0 bridgehead atoms. The van der Waals surface area contributed by atoms with Crippen molar-refractivity contribution in [3.05, 3.63) is 65.7 Å². The molecule has 2 rings (SSSR count). The Morgan fingerprint density at radius 3 is 2.38 bits per heavy atom. The highest BCUT2D eigenvalue weighted by Crippen LogP contribution is 2.12. The minimum absolute atomic E-state index is 0.0502. The molecular formula is C21H26N2O3. The molecule has 1 amide bonds. The van der Waals surface area contributed by atoms with E-state index >= 15 is 0 Å². The van der Waals surface area contributed by atoms with Gasteiger partial charge in [0.05, 0.1) is 24.8 Å². The van der Waals surface area contributed by atoms with Crippen molar-refractivity contribution in [2.45, 2.75) is 32.7 Å². The Labute approximate surface area is 154 Å². The van der Waals surface area contributed by atoms with E-state index in [0.29, 0.717) is 12.2 Å². The number of nitrogens with one attached hydrogen (secondary N) is 2. The fourth-order valence-electron chi connectivity index (χ4n) is 2.42. The lowest BCUT2D eigenvalue weighted by atomic mass is 10.1. The van der Waals surface area contributed by atoms with Gasteiger partial charge in [0.15, 0.2) is 0 Å². The van der Waals surface area contributed by atoms with E-state index in [1.54, 1.807) is 24.3 Å². The first-order chi connectivity index (χ1) is 12.6. The smallest absolute Gasteiger partial charge is 0.338 e. The molecule has 26 heavy (non-hydrogen) atoms. The summed E-state index contributed by atoms with van der Waals surface area (Å²) < 4.78 is 5.17. The van der Waals surface area contributed by atoms with E-state index in [2.05, 4.69) is 10.6 Å². The summed E-state index contributed by atoms with van der Waals surface area (Å²) in [6.45, 7) is 4.60. The number of ether oxygens (including phenoxy) is 1. The molecule has 138 valence electrons. The number of benzene rings is 2. The van der Waals surface area contributed by atoms with Gasteiger partial charge in [0.2, 0.25) is 5.91 Å². The molecule has 0 heterocycles. The Bertz CT molecular complexity index is 699. The Balaban J connectivity index is 1.78. The quantitative estimate of drug-likeness (QED) is 0.529. The SMILES string of the molecule is CCCCOC(=O)c1ccc(NCC(=O)N[C@@H](C)c2ccccc2)cc1. The molecule has 0 aromatic heterocycles. The zero-order valence-electron chi connectivity index (χ0n) is 15.3. The largest absolute Gasteiger partial charge is 0.462 e. The van der Waals surface area contributed by atoms with E-state index in [4.69, 9.17) is 4.74 Å². The molecule has 0 aliphatic rings. The van der Waals surface area contributed by atoms with E-state index < -0.39 is 0 Å². The van der Waals surface area contributed by atoms with Crippen molar-refractivity contribution in [3.8, 4) is 0 Å². The van der Waals surface area contributed by atoms with E-state index in [0.717, 1.165) is 24.1 Å². The van der Waals surface area contributed by atoms with Crippen molar-refractivity contribution in [1.29, 1.82) is 0 Å². The van der Waals surface area contributed by atoms with Gasteiger partial charge in [-0.3, -0.25) is 4.79 Å². The molecule has 5 nitrogen and oxygen atoms in total. The number of rotatable bonds is 9. The second-order valence-electron chi connectivity index (χ2n) is 6.12. The molecule has 0 radical (unpaired) electrons. The first kappa shape index (κ1) is 19.5. The second-order valence-corrected chi connectivity index (χ2v) is 6.12. The van der Waals surface area contributed by atoms with Crippen LogP contribution in [-0.2, 0) is 9.53 Å². The average molecular weight is 354 g/mol. The first-order valence-electron chi connectivity index (χ1n) is 8.95. The van der Waals surface area contributed by atoms with Crippen LogP contribution in [0.5, 0.6) is 0 Å². The van der Waals surface area contributed by atoms with Crippen LogP contribution in [0.15, 0.2) is 54.6 Å². The van der Waals surface area contributed by atoms with Gasteiger partial charge in [-0.15, -0.1) is 0 Å². The summed E-state index contributed by atoms with van der Waals surface area (Å²) in [4.78, 5) is 23.9. The van der Waals surface area contributed by atoms with Gasteiger partial charge in [-0.05, 0) is 43.2 Å². The molecule has 0 unspecified atom stereocenters. The highest BCUT2D eigenvalue weighted by atomic mass is 16.5. The zero-order valence-corrected chi connectivity index (χ0v) is 15.3. The van der Waals surface area contributed by atoms with Crippen molar-refractivity contribution < 1.29 is 14.3 Å². The fraction of sp³-hybridized carbons (Fsp3) is 0.333. The van der Waals surface area contributed by atoms with Gasteiger partial charge >= 0.3 is 5.97 Å². The lowest BCUT2D eigenvalue weighted by Crippen LogP contribution is -2.32. The van der Waals surface area contributed by atoms with Crippen LogP contribution in [0.1, 0.15) is 48.7 Å². The second kappa shape index (κ2) is 10.2. The summed E-state index contributed by atoms with van der Waals surface area (Å²) >= 11 is 0.